The summed E-state index contributed by atoms with van der Waals surface area (Å²) in [4.78, 5) is 41.4. The van der Waals surface area contributed by atoms with Gasteiger partial charge in [0.25, 0.3) is 0 Å². The molecule has 0 spiro atoms. The van der Waals surface area contributed by atoms with Crippen LogP contribution in [-0.4, -0.2) is 81.5 Å². The molecule has 1 saturated heterocycles. The van der Waals surface area contributed by atoms with Crippen molar-refractivity contribution in [1.29, 1.82) is 0 Å². The van der Waals surface area contributed by atoms with Gasteiger partial charge in [-0.2, -0.15) is 4.31 Å². The molecule has 0 aliphatic carbocycles. The summed E-state index contributed by atoms with van der Waals surface area (Å²) >= 11 is 0. The first-order valence-corrected chi connectivity index (χ1v) is 14.0. The van der Waals surface area contributed by atoms with Crippen molar-refractivity contribution < 1.29 is 37.0 Å². The summed E-state index contributed by atoms with van der Waals surface area (Å²) in [7, 11) is 0.565. The lowest BCUT2D eigenvalue weighted by Gasteiger charge is -2.33. The monoisotopic (exact) mass is 561 g/mol. The summed E-state index contributed by atoms with van der Waals surface area (Å²) in [6, 6.07) is 9.93. The SMILES string of the molecule is COc1ccc(S(=O)(=O)N2CCC[C@H]2C(=O)N(c2ccc(OC(=O)N(C)C)cc2)[C@@H](C)C(=O)OC(C)C)cc1. The van der Waals surface area contributed by atoms with E-state index in [1.165, 1.54) is 64.5 Å². The Morgan fingerprint density at radius 3 is 2.08 bits per heavy atom. The zero-order valence-corrected chi connectivity index (χ0v) is 23.8. The van der Waals surface area contributed by atoms with Crippen molar-refractivity contribution in [3.8, 4) is 11.5 Å². The van der Waals surface area contributed by atoms with Crippen molar-refractivity contribution in [2.24, 2.45) is 0 Å². The molecule has 2 amide bonds. The van der Waals surface area contributed by atoms with Crippen LogP contribution in [0.1, 0.15) is 33.6 Å². The molecule has 0 saturated carbocycles. The lowest BCUT2D eigenvalue weighted by Crippen LogP contribution is -2.53. The molecule has 1 fully saturated rings. The largest absolute Gasteiger partial charge is 0.497 e. The summed E-state index contributed by atoms with van der Waals surface area (Å²) in [5.41, 5.74) is 0.326. The van der Waals surface area contributed by atoms with Crippen LogP contribution < -0.4 is 14.4 Å². The Balaban J connectivity index is 1.96. The highest BCUT2D eigenvalue weighted by atomic mass is 32.2. The maximum absolute atomic E-state index is 14.0. The molecule has 212 valence electrons. The molecule has 1 aliphatic heterocycles. The predicted octanol–water partition coefficient (Wildman–Crippen LogP) is 3.28. The summed E-state index contributed by atoms with van der Waals surface area (Å²) in [6.45, 7) is 5.08. The topological polar surface area (TPSA) is 123 Å². The Labute approximate surface area is 229 Å². The Kier molecular flexibility index (Phi) is 9.57. The lowest BCUT2D eigenvalue weighted by molar-refractivity contribution is -0.149. The van der Waals surface area contributed by atoms with Crippen LogP contribution in [0.3, 0.4) is 0 Å². The third-order valence-corrected chi connectivity index (χ3v) is 8.08. The number of anilines is 1. The molecule has 2 aromatic carbocycles. The Hall–Kier alpha value is -3.64. The molecule has 2 aromatic rings. The van der Waals surface area contributed by atoms with Crippen LogP contribution in [-0.2, 0) is 24.3 Å². The number of rotatable bonds is 9. The van der Waals surface area contributed by atoms with Gasteiger partial charge in [-0.05, 0) is 82.1 Å². The number of hydrogen-bond acceptors (Lipinski definition) is 8. The minimum atomic E-state index is -4.01. The smallest absolute Gasteiger partial charge is 0.414 e. The fourth-order valence-corrected chi connectivity index (χ4v) is 5.81. The quantitative estimate of drug-likeness (QED) is 0.428. The predicted molar refractivity (Wildman–Crippen MR) is 144 cm³/mol. The van der Waals surface area contributed by atoms with E-state index >= 15 is 0 Å². The zero-order valence-electron chi connectivity index (χ0n) is 23.0. The van der Waals surface area contributed by atoms with E-state index in [9.17, 15) is 22.8 Å². The number of esters is 1. The van der Waals surface area contributed by atoms with Crippen molar-refractivity contribution >= 4 is 33.7 Å². The highest BCUT2D eigenvalue weighted by Gasteiger charge is 2.43. The van der Waals surface area contributed by atoms with E-state index in [1.807, 2.05) is 0 Å². The van der Waals surface area contributed by atoms with Gasteiger partial charge >= 0.3 is 12.1 Å². The van der Waals surface area contributed by atoms with Gasteiger partial charge in [-0.3, -0.25) is 9.69 Å². The first-order chi connectivity index (χ1) is 18.4. The number of methoxy groups -OCH3 is 1. The molecule has 3 rings (SSSR count). The van der Waals surface area contributed by atoms with Crippen molar-refractivity contribution in [2.45, 2.75) is 56.7 Å². The number of carbonyl (C=O) groups excluding carboxylic acids is 3. The lowest BCUT2D eigenvalue weighted by atomic mass is 10.1. The average Bonchev–Trinajstić information content (AvgIpc) is 3.40. The molecule has 0 bridgehead atoms. The zero-order chi connectivity index (χ0) is 28.9. The van der Waals surface area contributed by atoms with Gasteiger partial charge in [0.1, 0.15) is 23.6 Å². The fraction of sp³-hybridized carbons (Fsp3) is 0.444. The molecule has 12 heteroatoms. The number of benzene rings is 2. The van der Waals surface area contributed by atoms with Gasteiger partial charge < -0.3 is 19.1 Å². The van der Waals surface area contributed by atoms with E-state index in [0.29, 0.717) is 17.9 Å². The van der Waals surface area contributed by atoms with E-state index in [1.54, 1.807) is 40.1 Å². The molecule has 0 unspecified atom stereocenters. The van der Waals surface area contributed by atoms with Crippen molar-refractivity contribution in [2.75, 3.05) is 32.6 Å². The number of sulfonamides is 1. The van der Waals surface area contributed by atoms with Gasteiger partial charge in [0.05, 0.1) is 18.1 Å². The Morgan fingerprint density at radius 1 is 0.949 bits per heavy atom. The van der Waals surface area contributed by atoms with Gasteiger partial charge in [-0.25, -0.2) is 18.0 Å². The van der Waals surface area contributed by atoms with Crippen LogP contribution in [0, 0.1) is 0 Å². The van der Waals surface area contributed by atoms with E-state index in [0.717, 1.165) is 0 Å². The maximum atomic E-state index is 14.0. The molecule has 39 heavy (non-hydrogen) atoms. The molecule has 2 atom stereocenters. The van der Waals surface area contributed by atoms with Gasteiger partial charge in [0, 0.05) is 26.3 Å². The summed E-state index contributed by atoms with van der Waals surface area (Å²) < 4.78 is 44.0. The second-order valence-electron chi connectivity index (χ2n) is 9.58. The highest BCUT2D eigenvalue weighted by molar-refractivity contribution is 7.89. The molecule has 1 heterocycles. The molecule has 0 N–H and O–H groups in total. The number of hydrogen-bond donors (Lipinski definition) is 0. The van der Waals surface area contributed by atoms with Gasteiger partial charge in [0.15, 0.2) is 0 Å². The molecular formula is C27H35N3O8S. The summed E-state index contributed by atoms with van der Waals surface area (Å²) in [6.07, 6.45) is -0.225. The first kappa shape index (κ1) is 29.9. The molecule has 11 nitrogen and oxygen atoms in total. The Bertz CT molecular complexity index is 1280. The van der Waals surface area contributed by atoms with Crippen LogP contribution in [0.2, 0.25) is 0 Å². The summed E-state index contributed by atoms with van der Waals surface area (Å²) in [5.74, 6) is -0.446. The standard InChI is InChI=1S/C27H35N3O8S/c1-18(2)37-26(32)19(3)30(20-9-11-22(12-10-20)38-27(33)28(4)5)25(31)24-8-7-17-29(24)39(34,35)23-15-13-21(36-6)14-16-23/h9-16,18-19,24H,7-8,17H2,1-6H3/t19-,24-/m0/s1. The molecule has 1 aliphatic rings. The van der Waals surface area contributed by atoms with Crippen molar-refractivity contribution in [1.82, 2.24) is 9.21 Å². The second-order valence-corrected chi connectivity index (χ2v) is 11.5. The highest BCUT2D eigenvalue weighted by Crippen LogP contribution is 2.31. The third-order valence-electron chi connectivity index (χ3n) is 6.16. The third kappa shape index (κ3) is 6.87. The van der Waals surface area contributed by atoms with Crippen LogP contribution in [0.25, 0.3) is 0 Å². The minimum Gasteiger partial charge on any atom is -0.497 e. The van der Waals surface area contributed by atoms with Gasteiger partial charge in [-0.1, -0.05) is 0 Å². The first-order valence-electron chi connectivity index (χ1n) is 12.6. The minimum absolute atomic E-state index is 0.0360. The number of amides is 2. The normalized spacial score (nSPS) is 16.4. The Morgan fingerprint density at radius 2 is 1.54 bits per heavy atom. The van der Waals surface area contributed by atoms with E-state index in [2.05, 4.69) is 0 Å². The van der Waals surface area contributed by atoms with Crippen LogP contribution in [0.4, 0.5) is 10.5 Å². The molecule has 0 aromatic heterocycles. The van der Waals surface area contributed by atoms with E-state index < -0.39 is 46.2 Å². The van der Waals surface area contributed by atoms with Gasteiger partial charge in [0.2, 0.25) is 15.9 Å². The van der Waals surface area contributed by atoms with Crippen LogP contribution >= 0.6 is 0 Å². The van der Waals surface area contributed by atoms with Crippen molar-refractivity contribution in [3.05, 3.63) is 48.5 Å². The number of ether oxygens (including phenoxy) is 3. The van der Waals surface area contributed by atoms with Crippen LogP contribution in [0.5, 0.6) is 11.5 Å². The van der Waals surface area contributed by atoms with Gasteiger partial charge in [-0.15, -0.1) is 0 Å². The maximum Gasteiger partial charge on any atom is 0.414 e. The fourth-order valence-electron chi connectivity index (χ4n) is 4.16. The van der Waals surface area contributed by atoms with Crippen LogP contribution in [0.15, 0.2) is 53.4 Å². The van der Waals surface area contributed by atoms with Crippen molar-refractivity contribution in [3.63, 3.8) is 0 Å². The molecular weight excluding hydrogens is 526 g/mol. The average molecular weight is 562 g/mol. The molecule has 0 radical (unpaired) electrons. The van der Waals surface area contributed by atoms with E-state index in [-0.39, 0.29) is 23.6 Å². The summed E-state index contributed by atoms with van der Waals surface area (Å²) in [5, 5.41) is 0. The number of carbonyl (C=O) groups is 3. The van der Waals surface area contributed by atoms with E-state index in [4.69, 9.17) is 14.2 Å². The number of nitrogens with zero attached hydrogens (tertiary/aromatic N) is 3. The second kappa shape index (κ2) is 12.5.